The summed E-state index contributed by atoms with van der Waals surface area (Å²) in [5.41, 5.74) is 3.20. The van der Waals surface area contributed by atoms with E-state index in [0.717, 1.165) is 5.56 Å². The summed E-state index contributed by atoms with van der Waals surface area (Å²) in [6.07, 6.45) is -1.36. The molecule has 0 saturated heterocycles. The first-order valence-electron chi connectivity index (χ1n) is 7.88. The predicted molar refractivity (Wildman–Crippen MR) is 96.1 cm³/mol. The van der Waals surface area contributed by atoms with Crippen LogP contribution in [0.1, 0.15) is 21.5 Å². The Hall–Kier alpha value is -3.83. The van der Waals surface area contributed by atoms with Crippen LogP contribution in [0, 0.1) is 11.8 Å². The van der Waals surface area contributed by atoms with Crippen LogP contribution in [0.25, 0.3) is 0 Å². The molecule has 0 radical (unpaired) electrons. The first kappa shape index (κ1) is 19.5. The lowest BCUT2D eigenvalue weighted by Gasteiger charge is -2.16. The second kappa shape index (κ2) is 9.60. The van der Waals surface area contributed by atoms with Crippen molar-refractivity contribution in [2.45, 2.75) is 6.04 Å². The Morgan fingerprint density at radius 3 is 2.07 bits per heavy atom. The van der Waals surface area contributed by atoms with Gasteiger partial charge in [0.2, 0.25) is 0 Å². The molecule has 138 valence electrons. The third-order valence-electron chi connectivity index (χ3n) is 3.46. The van der Waals surface area contributed by atoms with Crippen LogP contribution in [0.15, 0.2) is 54.6 Å². The average molecular weight is 367 g/mol. The number of carbonyl (C=O) groups is 3. The number of rotatable bonds is 5. The van der Waals surface area contributed by atoms with E-state index in [2.05, 4.69) is 17.2 Å². The van der Waals surface area contributed by atoms with Gasteiger partial charge in [-0.05, 0) is 36.4 Å². The molecule has 8 nitrogen and oxygen atoms in total. The number of carbonyl (C=O) groups excluding carboxylic acids is 2. The van der Waals surface area contributed by atoms with Gasteiger partial charge in [-0.1, -0.05) is 30.0 Å². The number of benzene rings is 2. The molecule has 0 heterocycles. The highest BCUT2D eigenvalue weighted by molar-refractivity contribution is 5.97. The van der Waals surface area contributed by atoms with Crippen molar-refractivity contribution in [1.82, 2.24) is 16.1 Å². The fourth-order valence-corrected chi connectivity index (χ4v) is 2.09. The van der Waals surface area contributed by atoms with Crippen molar-refractivity contribution >= 4 is 17.9 Å². The maximum atomic E-state index is 12.2. The molecule has 0 saturated carbocycles. The topological polar surface area (TPSA) is 128 Å². The second-order valence-electron chi connectivity index (χ2n) is 5.38. The predicted octanol–water partition coefficient (Wildman–Crippen LogP) is 0.958. The molecule has 1 atom stereocenters. The molecule has 0 bridgehead atoms. The van der Waals surface area contributed by atoms with Gasteiger partial charge in [0.15, 0.2) is 0 Å². The lowest BCUT2D eigenvalue weighted by molar-refractivity contribution is -0.131. The number of hydroxylamine groups is 1. The molecule has 2 aromatic carbocycles. The van der Waals surface area contributed by atoms with Gasteiger partial charge >= 0.3 is 6.09 Å². The fourth-order valence-electron chi connectivity index (χ4n) is 2.09. The molecule has 1 unspecified atom stereocenters. The zero-order valence-corrected chi connectivity index (χ0v) is 14.1. The van der Waals surface area contributed by atoms with Crippen molar-refractivity contribution in [3.05, 3.63) is 71.3 Å². The minimum atomic E-state index is -1.36. The highest BCUT2D eigenvalue weighted by atomic mass is 16.5. The van der Waals surface area contributed by atoms with Gasteiger partial charge < -0.3 is 15.7 Å². The Bertz CT molecular complexity index is 870. The molecule has 0 aromatic heterocycles. The van der Waals surface area contributed by atoms with Crippen LogP contribution < -0.4 is 16.1 Å². The van der Waals surface area contributed by atoms with E-state index in [4.69, 9.17) is 10.3 Å². The van der Waals surface area contributed by atoms with E-state index in [1.807, 2.05) is 35.6 Å². The van der Waals surface area contributed by atoms with Crippen LogP contribution >= 0.6 is 0 Å². The third-order valence-corrected chi connectivity index (χ3v) is 3.46. The van der Waals surface area contributed by atoms with Gasteiger partial charge in [0.1, 0.15) is 6.04 Å². The number of carboxylic acid groups (broad SMARTS) is 1. The summed E-state index contributed by atoms with van der Waals surface area (Å²) in [5.74, 6) is 4.43. The minimum absolute atomic E-state index is 0.256. The standard InChI is InChI=1S/C19H17N3O5/c23-17(21-16(18(24)22-27)12-20-19(25)26)15-10-8-14(9-11-15)7-6-13-4-2-1-3-5-13/h1-5,8-11,16,20,27H,12H2,(H,21,23)(H,22,24)(H,25,26). The molecule has 5 N–H and O–H groups in total. The van der Waals surface area contributed by atoms with Crippen LogP contribution in [-0.4, -0.2) is 40.8 Å². The highest BCUT2D eigenvalue weighted by Crippen LogP contribution is 2.05. The van der Waals surface area contributed by atoms with E-state index in [1.165, 1.54) is 17.6 Å². The van der Waals surface area contributed by atoms with Crippen LogP contribution in [0.5, 0.6) is 0 Å². The van der Waals surface area contributed by atoms with Crippen molar-refractivity contribution in [2.24, 2.45) is 0 Å². The summed E-state index contributed by atoms with van der Waals surface area (Å²) < 4.78 is 0. The molecule has 3 amide bonds. The second-order valence-corrected chi connectivity index (χ2v) is 5.38. The van der Waals surface area contributed by atoms with Crippen LogP contribution in [0.4, 0.5) is 4.79 Å². The number of hydrogen-bond donors (Lipinski definition) is 5. The quantitative estimate of drug-likeness (QED) is 0.305. The number of hydrogen-bond acceptors (Lipinski definition) is 4. The normalized spacial score (nSPS) is 10.7. The zero-order chi connectivity index (χ0) is 19.6. The minimum Gasteiger partial charge on any atom is -0.465 e. The summed E-state index contributed by atoms with van der Waals surface area (Å²) in [6.45, 7) is -0.395. The lowest BCUT2D eigenvalue weighted by Crippen LogP contribution is -2.51. The van der Waals surface area contributed by atoms with Crippen LogP contribution in [0.3, 0.4) is 0 Å². The molecule has 0 aliphatic heterocycles. The van der Waals surface area contributed by atoms with Crippen LogP contribution in [0.2, 0.25) is 0 Å². The molecule has 8 heteroatoms. The van der Waals surface area contributed by atoms with Crippen molar-refractivity contribution in [3.8, 4) is 11.8 Å². The van der Waals surface area contributed by atoms with E-state index in [9.17, 15) is 14.4 Å². The Morgan fingerprint density at radius 2 is 1.52 bits per heavy atom. The Morgan fingerprint density at radius 1 is 0.926 bits per heavy atom. The van der Waals surface area contributed by atoms with Gasteiger partial charge in [-0.3, -0.25) is 14.8 Å². The number of amides is 3. The molecule has 0 spiro atoms. The lowest BCUT2D eigenvalue weighted by atomic mass is 10.1. The summed E-state index contributed by atoms with van der Waals surface area (Å²) in [7, 11) is 0. The van der Waals surface area contributed by atoms with E-state index < -0.39 is 30.5 Å². The molecule has 27 heavy (non-hydrogen) atoms. The van der Waals surface area contributed by atoms with E-state index in [0.29, 0.717) is 5.56 Å². The molecular formula is C19H17N3O5. The Labute approximate surface area is 155 Å². The first-order chi connectivity index (χ1) is 13.0. The Kier molecular flexibility index (Phi) is 6.93. The fraction of sp³-hybridized carbons (Fsp3) is 0.105. The molecule has 0 aliphatic carbocycles. The SMILES string of the molecule is O=C(O)NCC(NC(=O)c1ccc(C#Cc2ccccc2)cc1)C(=O)NO. The van der Waals surface area contributed by atoms with Gasteiger partial charge in [0.05, 0.1) is 6.54 Å². The molecule has 0 aliphatic rings. The summed E-state index contributed by atoms with van der Waals surface area (Å²) in [5, 5.41) is 21.6. The smallest absolute Gasteiger partial charge is 0.404 e. The number of nitrogens with one attached hydrogen (secondary N) is 3. The molecule has 2 rings (SSSR count). The monoisotopic (exact) mass is 367 g/mol. The zero-order valence-electron chi connectivity index (χ0n) is 14.1. The van der Waals surface area contributed by atoms with Gasteiger partial charge in [0.25, 0.3) is 11.8 Å². The van der Waals surface area contributed by atoms with E-state index >= 15 is 0 Å². The summed E-state index contributed by atoms with van der Waals surface area (Å²) >= 11 is 0. The third kappa shape index (κ3) is 6.19. The Balaban J connectivity index is 2.04. The largest absolute Gasteiger partial charge is 0.465 e. The van der Waals surface area contributed by atoms with Crippen LogP contribution in [-0.2, 0) is 4.79 Å². The highest BCUT2D eigenvalue weighted by Gasteiger charge is 2.21. The van der Waals surface area contributed by atoms with Crippen molar-refractivity contribution in [2.75, 3.05) is 6.54 Å². The van der Waals surface area contributed by atoms with Crippen molar-refractivity contribution in [1.29, 1.82) is 0 Å². The maximum absolute atomic E-state index is 12.2. The van der Waals surface area contributed by atoms with Crippen molar-refractivity contribution < 1.29 is 24.7 Å². The van der Waals surface area contributed by atoms with Gasteiger partial charge in [-0.15, -0.1) is 0 Å². The van der Waals surface area contributed by atoms with Crippen molar-refractivity contribution in [3.63, 3.8) is 0 Å². The molecular weight excluding hydrogens is 350 g/mol. The molecule has 0 fully saturated rings. The summed E-state index contributed by atoms with van der Waals surface area (Å²) in [6, 6.07) is 14.5. The first-order valence-corrected chi connectivity index (χ1v) is 7.88. The average Bonchev–Trinajstić information content (AvgIpc) is 2.69. The summed E-state index contributed by atoms with van der Waals surface area (Å²) in [4.78, 5) is 34.3. The molecule has 2 aromatic rings. The van der Waals surface area contributed by atoms with E-state index in [-0.39, 0.29) is 5.56 Å². The van der Waals surface area contributed by atoms with Gasteiger partial charge in [-0.2, -0.15) is 0 Å². The van der Waals surface area contributed by atoms with Gasteiger partial charge in [-0.25, -0.2) is 10.3 Å². The van der Waals surface area contributed by atoms with E-state index in [1.54, 1.807) is 12.1 Å². The maximum Gasteiger partial charge on any atom is 0.404 e. The van der Waals surface area contributed by atoms with Gasteiger partial charge in [0, 0.05) is 16.7 Å².